The van der Waals surface area contributed by atoms with E-state index in [1.165, 1.54) is 4.68 Å². The van der Waals surface area contributed by atoms with Crippen molar-refractivity contribution in [3.63, 3.8) is 0 Å². The lowest BCUT2D eigenvalue weighted by Gasteiger charge is -2.01. The van der Waals surface area contributed by atoms with Crippen LogP contribution in [0.5, 0.6) is 0 Å². The van der Waals surface area contributed by atoms with Gasteiger partial charge in [-0.3, -0.25) is 4.79 Å². The van der Waals surface area contributed by atoms with Crippen molar-refractivity contribution in [3.8, 4) is 17.1 Å². The summed E-state index contributed by atoms with van der Waals surface area (Å²) < 4.78 is 6.52. The number of para-hydroxylation sites is 1. The monoisotopic (exact) mass is 287 g/mol. The molecule has 3 aromatic rings. The van der Waals surface area contributed by atoms with Crippen molar-refractivity contribution in [3.05, 3.63) is 52.9 Å². The first-order valence-corrected chi connectivity index (χ1v) is 6.31. The van der Waals surface area contributed by atoms with Gasteiger partial charge in [-0.05, 0) is 19.1 Å². The number of hydrogen-bond acceptors (Lipinski definition) is 4. The maximum absolute atomic E-state index is 11.3. The van der Waals surface area contributed by atoms with Crippen molar-refractivity contribution >= 4 is 17.9 Å². The van der Waals surface area contributed by atoms with E-state index in [-0.39, 0.29) is 5.15 Å². The van der Waals surface area contributed by atoms with Gasteiger partial charge >= 0.3 is 0 Å². The van der Waals surface area contributed by atoms with E-state index in [0.29, 0.717) is 29.0 Å². The van der Waals surface area contributed by atoms with Crippen LogP contribution in [0.4, 0.5) is 0 Å². The Bertz CT molecular complexity index is 762. The van der Waals surface area contributed by atoms with Crippen molar-refractivity contribution in [2.45, 2.75) is 6.92 Å². The van der Waals surface area contributed by atoms with Crippen molar-refractivity contribution in [2.75, 3.05) is 0 Å². The lowest BCUT2D eigenvalue weighted by molar-refractivity contribution is 0.112. The highest BCUT2D eigenvalue weighted by molar-refractivity contribution is 6.32. The summed E-state index contributed by atoms with van der Waals surface area (Å²) in [5.41, 5.74) is 1.96. The fourth-order valence-corrected chi connectivity index (χ4v) is 2.19. The Balaban J connectivity index is 2.20. The SMILES string of the molecule is Cc1cc(-c2nn(-c3ccccc3)c(Cl)c2C=O)no1. The van der Waals surface area contributed by atoms with Gasteiger partial charge in [-0.15, -0.1) is 0 Å². The topological polar surface area (TPSA) is 60.9 Å². The minimum Gasteiger partial charge on any atom is -0.361 e. The molecule has 1 aromatic carbocycles. The molecule has 3 rings (SSSR count). The predicted octanol–water partition coefficient (Wildman–Crippen LogP) is 3.30. The molecule has 0 fully saturated rings. The molecule has 100 valence electrons. The van der Waals surface area contributed by atoms with Gasteiger partial charge in [-0.1, -0.05) is 35.0 Å². The van der Waals surface area contributed by atoms with Crippen LogP contribution in [0, 0.1) is 6.92 Å². The molecule has 0 radical (unpaired) electrons. The van der Waals surface area contributed by atoms with Crippen molar-refractivity contribution in [1.29, 1.82) is 0 Å². The highest BCUT2D eigenvalue weighted by Crippen LogP contribution is 2.29. The van der Waals surface area contributed by atoms with E-state index in [4.69, 9.17) is 16.1 Å². The summed E-state index contributed by atoms with van der Waals surface area (Å²) in [4.78, 5) is 11.3. The molecule has 0 amide bonds. The number of carbonyl (C=O) groups is 1. The van der Waals surface area contributed by atoms with Crippen molar-refractivity contribution in [2.24, 2.45) is 0 Å². The number of hydrogen-bond donors (Lipinski definition) is 0. The van der Waals surface area contributed by atoms with Gasteiger partial charge in [-0.2, -0.15) is 5.10 Å². The average molecular weight is 288 g/mol. The van der Waals surface area contributed by atoms with Gasteiger partial charge in [0.05, 0.1) is 11.3 Å². The second-order valence-corrected chi connectivity index (χ2v) is 4.60. The molecule has 2 heterocycles. The van der Waals surface area contributed by atoms with Gasteiger partial charge in [0.25, 0.3) is 0 Å². The van der Waals surface area contributed by atoms with Crippen molar-refractivity contribution in [1.82, 2.24) is 14.9 Å². The molecule has 5 nitrogen and oxygen atoms in total. The molecule has 0 aliphatic carbocycles. The quantitative estimate of drug-likeness (QED) is 0.693. The number of rotatable bonds is 3. The molecule has 6 heteroatoms. The number of aldehydes is 1. The normalized spacial score (nSPS) is 10.7. The maximum atomic E-state index is 11.3. The molecular weight excluding hydrogens is 278 g/mol. The number of halogens is 1. The van der Waals surface area contributed by atoms with Gasteiger partial charge < -0.3 is 4.52 Å². The minimum absolute atomic E-state index is 0.252. The number of benzene rings is 1. The first-order chi connectivity index (χ1) is 9.70. The van der Waals surface area contributed by atoms with E-state index < -0.39 is 0 Å². The van der Waals surface area contributed by atoms with Crippen LogP contribution in [-0.2, 0) is 0 Å². The first-order valence-electron chi connectivity index (χ1n) is 5.93. The Morgan fingerprint density at radius 1 is 1.30 bits per heavy atom. The standard InChI is InChI=1S/C14H10ClN3O2/c1-9-7-12(17-20-9)13-11(8-19)14(15)18(16-13)10-5-3-2-4-6-10/h2-8H,1H3. The van der Waals surface area contributed by atoms with E-state index in [0.717, 1.165) is 5.69 Å². The summed E-state index contributed by atoms with van der Waals surface area (Å²) in [6.07, 6.45) is 0.675. The summed E-state index contributed by atoms with van der Waals surface area (Å²) >= 11 is 6.23. The number of aromatic nitrogens is 3. The van der Waals surface area contributed by atoms with Crippen LogP contribution in [0.3, 0.4) is 0 Å². The maximum Gasteiger partial charge on any atom is 0.155 e. The number of aryl methyl sites for hydroxylation is 1. The Hall–Kier alpha value is -2.40. The molecule has 0 saturated heterocycles. The summed E-state index contributed by atoms with van der Waals surface area (Å²) in [7, 11) is 0. The summed E-state index contributed by atoms with van der Waals surface area (Å²) in [6, 6.07) is 11.0. The zero-order chi connectivity index (χ0) is 14.1. The van der Waals surface area contributed by atoms with Crippen LogP contribution in [0.2, 0.25) is 5.15 Å². The average Bonchev–Trinajstić information content (AvgIpc) is 3.03. The highest BCUT2D eigenvalue weighted by Gasteiger charge is 2.20. The van der Waals surface area contributed by atoms with Crippen molar-refractivity contribution < 1.29 is 9.32 Å². The summed E-state index contributed by atoms with van der Waals surface area (Å²) in [5.74, 6) is 0.641. The van der Waals surface area contributed by atoms with Gasteiger partial charge in [0.1, 0.15) is 22.3 Å². The van der Waals surface area contributed by atoms with Crippen LogP contribution in [0.25, 0.3) is 17.1 Å². The Morgan fingerprint density at radius 2 is 2.05 bits per heavy atom. The fourth-order valence-electron chi connectivity index (χ4n) is 1.92. The van der Waals surface area contributed by atoms with Gasteiger partial charge in [-0.25, -0.2) is 4.68 Å². The highest BCUT2D eigenvalue weighted by atomic mass is 35.5. The molecule has 0 atom stereocenters. The molecule has 0 spiro atoms. The molecule has 0 saturated carbocycles. The van der Waals surface area contributed by atoms with E-state index >= 15 is 0 Å². The molecule has 0 aliphatic rings. The zero-order valence-electron chi connectivity index (χ0n) is 10.6. The largest absolute Gasteiger partial charge is 0.361 e. The van der Waals surface area contributed by atoms with Crippen LogP contribution in [-0.4, -0.2) is 21.2 Å². The van der Waals surface area contributed by atoms with E-state index in [1.54, 1.807) is 13.0 Å². The second kappa shape index (κ2) is 4.94. The molecular formula is C14H10ClN3O2. The number of carbonyl (C=O) groups excluding carboxylic acids is 1. The van der Waals surface area contributed by atoms with Crippen LogP contribution >= 0.6 is 11.6 Å². The van der Waals surface area contributed by atoms with E-state index in [1.807, 2.05) is 30.3 Å². The molecule has 20 heavy (non-hydrogen) atoms. The Morgan fingerprint density at radius 3 is 2.65 bits per heavy atom. The zero-order valence-corrected chi connectivity index (χ0v) is 11.3. The smallest absolute Gasteiger partial charge is 0.155 e. The van der Waals surface area contributed by atoms with Crippen LogP contribution in [0.1, 0.15) is 16.1 Å². The Labute approximate surface area is 119 Å². The predicted molar refractivity (Wildman–Crippen MR) is 74.2 cm³/mol. The second-order valence-electron chi connectivity index (χ2n) is 4.24. The Kier molecular flexibility index (Phi) is 3.12. The van der Waals surface area contributed by atoms with E-state index in [9.17, 15) is 4.79 Å². The van der Waals surface area contributed by atoms with E-state index in [2.05, 4.69) is 10.3 Å². The van der Waals surface area contributed by atoms with Crippen LogP contribution in [0.15, 0.2) is 40.9 Å². The third-order valence-corrected chi connectivity index (χ3v) is 3.22. The van der Waals surface area contributed by atoms with Gasteiger partial charge in [0.15, 0.2) is 6.29 Å². The molecule has 0 N–H and O–H groups in total. The molecule has 0 bridgehead atoms. The lowest BCUT2D eigenvalue weighted by Crippen LogP contribution is -1.96. The minimum atomic E-state index is 0.252. The molecule has 0 unspecified atom stereocenters. The molecule has 0 aliphatic heterocycles. The lowest BCUT2D eigenvalue weighted by atomic mass is 10.2. The third-order valence-electron chi connectivity index (χ3n) is 2.85. The van der Waals surface area contributed by atoms with Crippen LogP contribution < -0.4 is 0 Å². The first kappa shape index (κ1) is 12.6. The summed E-state index contributed by atoms with van der Waals surface area (Å²) in [6.45, 7) is 1.77. The summed E-state index contributed by atoms with van der Waals surface area (Å²) in [5, 5.41) is 8.49. The molecule has 2 aromatic heterocycles. The van der Waals surface area contributed by atoms with Gasteiger partial charge in [0, 0.05) is 6.07 Å². The fraction of sp³-hybridized carbons (Fsp3) is 0.0714. The number of nitrogens with zero attached hydrogens (tertiary/aromatic N) is 3. The van der Waals surface area contributed by atoms with Gasteiger partial charge in [0.2, 0.25) is 0 Å². The third kappa shape index (κ3) is 2.02.